The summed E-state index contributed by atoms with van der Waals surface area (Å²) in [5.74, 6) is -0.250. The molecule has 1 fully saturated rings. The van der Waals surface area contributed by atoms with Crippen LogP contribution < -0.4 is 21.1 Å². The number of nitrogens with zero attached hydrogens (tertiary/aromatic N) is 4. The minimum Gasteiger partial charge on any atom is -0.356 e. The third kappa shape index (κ3) is 5.17. The molecule has 11 heteroatoms. The Morgan fingerprint density at radius 1 is 1.27 bits per heavy atom. The van der Waals surface area contributed by atoms with Crippen molar-refractivity contribution in [1.29, 1.82) is 0 Å². The zero-order chi connectivity index (χ0) is 23.5. The van der Waals surface area contributed by atoms with E-state index in [9.17, 15) is 14.4 Å². The predicted octanol–water partition coefficient (Wildman–Crippen LogP) is 2.81. The van der Waals surface area contributed by atoms with Gasteiger partial charge in [-0.3, -0.25) is 19.0 Å². The number of aryl methyl sites for hydroxylation is 1. The summed E-state index contributed by atoms with van der Waals surface area (Å²) in [5, 5.41) is 6.89. The van der Waals surface area contributed by atoms with Crippen LogP contribution in [-0.4, -0.2) is 46.0 Å². The van der Waals surface area contributed by atoms with E-state index in [1.807, 2.05) is 19.9 Å². The van der Waals surface area contributed by atoms with Crippen LogP contribution in [0.25, 0.3) is 10.3 Å². The number of amides is 2. The molecular weight excluding hydrogens is 464 g/mol. The van der Waals surface area contributed by atoms with Crippen LogP contribution in [0.3, 0.4) is 0 Å². The highest BCUT2D eigenvalue weighted by atomic mass is 35.5. The lowest BCUT2D eigenvalue weighted by Gasteiger charge is -2.30. The number of nitrogens with one attached hydrogen (secondary N) is 2. The summed E-state index contributed by atoms with van der Waals surface area (Å²) in [4.78, 5) is 48.3. The fraction of sp³-hybridized carbons (Fsp3) is 0.409. The molecule has 0 radical (unpaired) electrons. The molecule has 1 saturated heterocycles. The molecule has 2 amide bonds. The molecule has 9 nitrogen and oxygen atoms in total. The van der Waals surface area contributed by atoms with Crippen LogP contribution in [0.1, 0.15) is 25.3 Å². The molecule has 1 aliphatic heterocycles. The highest BCUT2D eigenvalue weighted by Crippen LogP contribution is 2.29. The number of carbonyl (C=O) groups is 2. The molecule has 2 N–H and O–H groups in total. The van der Waals surface area contributed by atoms with Crippen LogP contribution in [-0.2, 0) is 16.1 Å². The van der Waals surface area contributed by atoms with Crippen LogP contribution in [0.15, 0.2) is 29.3 Å². The zero-order valence-corrected chi connectivity index (χ0v) is 20.0. The quantitative estimate of drug-likeness (QED) is 0.552. The Morgan fingerprint density at radius 2 is 2.03 bits per heavy atom. The average molecular weight is 489 g/mol. The van der Waals surface area contributed by atoms with E-state index in [0.29, 0.717) is 45.8 Å². The number of halogens is 1. The molecule has 0 spiro atoms. The van der Waals surface area contributed by atoms with Crippen molar-refractivity contribution in [2.75, 3.05) is 29.9 Å². The number of anilines is 2. The van der Waals surface area contributed by atoms with Gasteiger partial charge in [-0.2, -0.15) is 4.98 Å². The fourth-order valence-corrected chi connectivity index (χ4v) is 4.96. The molecule has 3 heterocycles. The van der Waals surface area contributed by atoms with E-state index in [1.165, 1.54) is 22.2 Å². The fourth-order valence-electron chi connectivity index (χ4n) is 3.76. The minimum absolute atomic E-state index is 0.00727. The first-order chi connectivity index (χ1) is 15.9. The molecule has 0 atom stereocenters. The van der Waals surface area contributed by atoms with E-state index in [0.717, 1.165) is 18.4 Å². The van der Waals surface area contributed by atoms with Gasteiger partial charge in [0.2, 0.25) is 11.8 Å². The maximum atomic E-state index is 12.9. The van der Waals surface area contributed by atoms with Crippen molar-refractivity contribution >= 4 is 55.9 Å². The monoisotopic (exact) mass is 488 g/mol. The van der Waals surface area contributed by atoms with Crippen molar-refractivity contribution in [3.8, 4) is 0 Å². The number of benzene rings is 1. The normalized spacial score (nSPS) is 14.5. The van der Waals surface area contributed by atoms with Gasteiger partial charge in [-0.05, 0) is 44.4 Å². The molecule has 2 aromatic heterocycles. The second-order valence-corrected chi connectivity index (χ2v) is 9.38. The number of piperidine rings is 1. The van der Waals surface area contributed by atoms with Crippen molar-refractivity contribution in [1.82, 2.24) is 19.9 Å². The first kappa shape index (κ1) is 23.2. The molecule has 0 aliphatic carbocycles. The van der Waals surface area contributed by atoms with Crippen molar-refractivity contribution in [2.24, 2.45) is 5.92 Å². The molecule has 4 rings (SSSR count). The van der Waals surface area contributed by atoms with E-state index >= 15 is 0 Å². The van der Waals surface area contributed by atoms with Crippen LogP contribution in [0.4, 0.5) is 10.8 Å². The number of rotatable bonds is 6. The Kier molecular flexibility index (Phi) is 6.94. The number of hydrogen-bond acceptors (Lipinski definition) is 7. The van der Waals surface area contributed by atoms with Crippen molar-refractivity contribution < 1.29 is 9.59 Å². The molecule has 0 unspecified atom stereocenters. The van der Waals surface area contributed by atoms with Gasteiger partial charge in [-0.15, -0.1) is 0 Å². The van der Waals surface area contributed by atoms with Crippen molar-refractivity contribution in [3.63, 3.8) is 0 Å². The van der Waals surface area contributed by atoms with Crippen molar-refractivity contribution in [3.05, 3.63) is 45.5 Å². The highest BCUT2D eigenvalue weighted by molar-refractivity contribution is 7.22. The first-order valence-electron chi connectivity index (χ1n) is 10.8. The minimum atomic E-state index is -0.352. The van der Waals surface area contributed by atoms with Gasteiger partial charge in [0.25, 0.3) is 5.56 Å². The summed E-state index contributed by atoms with van der Waals surface area (Å²) in [6.07, 6.45) is 2.82. The SMILES string of the molecule is CCNC(=O)C1CCN(c2nc3ncn(CC(=O)Nc4ccc(C)c(Cl)c4)c(=O)c3s2)CC1. The third-order valence-electron chi connectivity index (χ3n) is 5.63. The Balaban J connectivity index is 1.45. The van der Waals surface area contributed by atoms with Gasteiger partial charge in [-0.1, -0.05) is 29.0 Å². The second kappa shape index (κ2) is 9.88. The molecule has 174 valence electrons. The van der Waals surface area contributed by atoms with E-state index < -0.39 is 0 Å². The summed E-state index contributed by atoms with van der Waals surface area (Å²) >= 11 is 7.37. The van der Waals surface area contributed by atoms with Gasteiger partial charge in [0, 0.05) is 36.3 Å². The lowest BCUT2D eigenvalue weighted by atomic mass is 9.96. The molecule has 0 saturated carbocycles. The predicted molar refractivity (Wildman–Crippen MR) is 130 cm³/mol. The molecule has 3 aromatic rings. The molecule has 1 aliphatic rings. The highest BCUT2D eigenvalue weighted by Gasteiger charge is 2.26. The number of aromatic nitrogens is 3. The van der Waals surface area contributed by atoms with Crippen LogP contribution in [0.2, 0.25) is 5.02 Å². The van der Waals surface area contributed by atoms with E-state index in [1.54, 1.807) is 12.1 Å². The Bertz CT molecular complexity index is 1250. The summed E-state index contributed by atoms with van der Waals surface area (Å²) in [6, 6.07) is 5.24. The maximum absolute atomic E-state index is 12.9. The Labute approximate surface area is 199 Å². The number of thiazole rings is 1. The zero-order valence-electron chi connectivity index (χ0n) is 18.4. The summed E-state index contributed by atoms with van der Waals surface area (Å²) in [5.41, 5.74) is 1.54. The second-order valence-electron chi connectivity index (χ2n) is 7.99. The lowest BCUT2D eigenvalue weighted by molar-refractivity contribution is -0.125. The maximum Gasteiger partial charge on any atom is 0.273 e. The molecular formula is C22H25ClN6O3S. The summed E-state index contributed by atoms with van der Waals surface area (Å²) in [6.45, 7) is 5.64. The number of fused-ring (bicyclic) bond motifs is 1. The molecule has 0 bridgehead atoms. The van der Waals surface area contributed by atoms with E-state index in [4.69, 9.17) is 11.6 Å². The Morgan fingerprint density at radius 3 is 2.73 bits per heavy atom. The number of carbonyl (C=O) groups excluding carboxylic acids is 2. The summed E-state index contributed by atoms with van der Waals surface area (Å²) < 4.78 is 1.68. The standard InChI is InChI=1S/C22H25ClN6O3S/c1-3-24-20(31)14-6-8-28(9-7-14)22-27-19-18(33-22)21(32)29(12-25-19)11-17(30)26-15-5-4-13(2)16(23)10-15/h4-5,10,12,14H,3,6-9,11H2,1-2H3,(H,24,31)(H,26,30). The smallest absolute Gasteiger partial charge is 0.273 e. The Hall–Kier alpha value is -2.98. The van der Waals surface area contributed by atoms with Gasteiger partial charge in [0.1, 0.15) is 17.6 Å². The number of hydrogen-bond donors (Lipinski definition) is 2. The average Bonchev–Trinajstić information content (AvgIpc) is 3.24. The molecule has 33 heavy (non-hydrogen) atoms. The van der Waals surface area contributed by atoms with E-state index in [-0.39, 0.29) is 29.8 Å². The van der Waals surface area contributed by atoms with Crippen LogP contribution in [0.5, 0.6) is 0 Å². The first-order valence-corrected chi connectivity index (χ1v) is 12.0. The van der Waals surface area contributed by atoms with Crippen LogP contribution in [0, 0.1) is 12.8 Å². The summed E-state index contributed by atoms with van der Waals surface area (Å²) in [7, 11) is 0. The van der Waals surface area contributed by atoms with E-state index in [2.05, 4.69) is 25.5 Å². The van der Waals surface area contributed by atoms with Gasteiger partial charge >= 0.3 is 0 Å². The topological polar surface area (TPSA) is 109 Å². The third-order valence-corrected chi connectivity index (χ3v) is 7.13. The lowest BCUT2D eigenvalue weighted by Crippen LogP contribution is -2.40. The van der Waals surface area contributed by atoms with Gasteiger partial charge < -0.3 is 15.5 Å². The largest absolute Gasteiger partial charge is 0.356 e. The van der Waals surface area contributed by atoms with Crippen molar-refractivity contribution in [2.45, 2.75) is 33.2 Å². The van der Waals surface area contributed by atoms with Gasteiger partial charge in [0.15, 0.2) is 10.8 Å². The van der Waals surface area contributed by atoms with Gasteiger partial charge in [-0.25, -0.2) is 4.98 Å². The van der Waals surface area contributed by atoms with Crippen LogP contribution >= 0.6 is 22.9 Å². The molecule has 1 aromatic carbocycles. The van der Waals surface area contributed by atoms with Gasteiger partial charge in [0.05, 0.1) is 0 Å².